The molecule has 0 saturated carbocycles. The predicted octanol–water partition coefficient (Wildman–Crippen LogP) is 1.26. The highest BCUT2D eigenvalue weighted by Crippen LogP contribution is 2.25. The summed E-state index contributed by atoms with van der Waals surface area (Å²) in [5.41, 5.74) is 5.96. The lowest BCUT2D eigenvalue weighted by Crippen LogP contribution is -2.42. The number of nitrogens with two attached hydrogens (primary N) is 1. The van der Waals surface area contributed by atoms with Crippen molar-refractivity contribution < 1.29 is 19.4 Å². The van der Waals surface area contributed by atoms with Gasteiger partial charge in [-0.05, 0) is 31.0 Å². The van der Waals surface area contributed by atoms with Gasteiger partial charge in [-0.25, -0.2) is 0 Å². The van der Waals surface area contributed by atoms with E-state index in [1.54, 1.807) is 24.3 Å². The molecular weight excluding hydrogens is 296 g/mol. The van der Waals surface area contributed by atoms with Crippen molar-refractivity contribution in [3.63, 3.8) is 0 Å². The Labute approximate surface area is 127 Å². The highest BCUT2D eigenvalue weighted by atomic mass is 35.5. The van der Waals surface area contributed by atoms with Crippen LogP contribution >= 0.6 is 11.6 Å². The normalized spacial score (nSPS) is 21.2. The number of hydrogen-bond acceptors (Lipinski definition) is 4. The number of anilines is 1. The Hall–Kier alpha value is -1.63. The smallest absolute Gasteiger partial charge is 0.323 e. The van der Waals surface area contributed by atoms with Crippen LogP contribution in [0.2, 0.25) is 5.02 Å². The summed E-state index contributed by atoms with van der Waals surface area (Å²) in [5.74, 6) is -1.48. The third kappa shape index (κ3) is 3.93. The minimum atomic E-state index is -1.10. The van der Waals surface area contributed by atoms with E-state index in [0.717, 1.165) is 0 Å². The molecule has 1 heterocycles. The summed E-state index contributed by atoms with van der Waals surface area (Å²) in [4.78, 5) is 24.7. The van der Waals surface area contributed by atoms with Crippen LogP contribution in [0.3, 0.4) is 0 Å². The van der Waals surface area contributed by atoms with Gasteiger partial charge in [-0.2, -0.15) is 0 Å². The van der Waals surface area contributed by atoms with Crippen LogP contribution in [0.15, 0.2) is 24.3 Å². The van der Waals surface area contributed by atoms with Crippen LogP contribution in [0.4, 0.5) is 5.69 Å². The van der Waals surface area contributed by atoms with Crippen LogP contribution in [0.25, 0.3) is 0 Å². The van der Waals surface area contributed by atoms with Crippen LogP contribution in [0, 0.1) is 0 Å². The van der Waals surface area contributed by atoms with Gasteiger partial charge in [0.25, 0.3) is 5.91 Å². The van der Waals surface area contributed by atoms with Crippen molar-refractivity contribution in [2.45, 2.75) is 25.0 Å². The molecule has 0 aliphatic carbocycles. The van der Waals surface area contributed by atoms with Crippen molar-refractivity contribution in [2.24, 2.45) is 5.73 Å². The number of hydrogen-bond donors (Lipinski definition) is 2. The molecule has 2 rings (SSSR count). The molecule has 1 aromatic carbocycles. The first-order chi connectivity index (χ1) is 10.0. The second-order valence-electron chi connectivity index (χ2n) is 4.86. The number of carbonyl (C=O) groups excluding carboxylic acids is 1. The summed E-state index contributed by atoms with van der Waals surface area (Å²) in [7, 11) is 0. The van der Waals surface area contributed by atoms with Gasteiger partial charge in [0.1, 0.15) is 12.6 Å². The molecule has 1 aliphatic heterocycles. The molecule has 2 atom stereocenters. The fourth-order valence-electron chi connectivity index (χ4n) is 2.31. The number of carboxylic acids is 1. The second kappa shape index (κ2) is 6.89. The van der Waals surface area contributed by atoms with Gasteiger partial charge in [-0.1, -0.05) is 17.7 Å². The fourth-order valence-corrected chi connectivity index (χ4v) is 2.49. The molecule has 1 amide bonds. The Morgan fingerprint density at radius 3 is 2.76 bits per heavy atom. The lowest BCUT2D eigenvalue weighted by Gasteiger charge is -2.24. The SMILES string of the molecule is NCC1CCC(C(=O)N(CC(=O)O)c2cccc(Cl)c2)O1. The summed E-state index contributed by atoms with van der Waals surface area (Å²) in [6, 6.07) is 6.52. The number of halogens is 1. The molecule has 21 heavy (non-hydrogen) atoms. The number of rotatable bonds is 5. The van der Waals surface area contributed by atoms with Crippen LogP contribution < -0.4 is 10.6 Å². The van der Waals surface area contributed by atoms with Crippen molar-refractivity contribution >= 4 is 29.2 Å². The average Bonchev–Trinajstić information content (AvgIpc) is 2.92. The molecule has 0 aromatic heterocycles. The fraction of sp³-hybridized carbons (Fsp3) is 0.429. The molecule has 0 spiro atoms. The van der Waals surface area contributed by atoms with Gasteiger partial charge < -0.3 is 15.6 Å². The van der Waals surface area contributed by atoms with E-state index < -0.39 is 18.6 Å². The van der Waals surface area contributed by atoms with E-state index in [1.807, 2.05) is 0 Å². The van der Waals surface area contributed by atoms with Gasteiger partial charge in [0.2, 0.25) is 0 Å². The number of benzene rings is 1. The van der Waals surface area contributed by atoms with E-state index in [9.17, 15) is 9.59 Å². The average molecular weight is 313 g/mol. The molecule has 6 nitrogen and oxygen atoms in total. The number of nitrogens with zero attached hydrogens (tertiary/aromatic N) is 1. The van der Waals surface area contributed by atoms with E-state index in [1.165, 1.54) is 4.90 Å². The summed E-state index contributed by atoms with van der Waals surface area (Å²) >= 11 is 5.90. The number of carbonyl (C=O) groups is 2. The van der Waals surface area contributed by atoms with Gasteiger partial charge in [-0.15, -0.1) is 0 Å². The molecule has 1 aliphatic rings. The first-order valence-corrected chi connectivity index (χ1v) is 7.03. The standard InChI is InChI=1S/C14H17ClN2O4/c15-9-2-1-3-10(6-9)17(8-13(18)19)14(20)12-5-4-11(7-16)21-12/h1-3,6,11-12H,4-5,7-8,16H2,(H,18,19). The summed E-state index contributed by atoms with van der Waals surface area (Å²) < 4.78 is 5.54. The molecule has 0 radical (unpaired) electrons. The molecule has 0 bridgehead atoms. The minimum Gasteiger partial charge on any atom is -0.480 e. The zero-order valence-electron chi connectivity index (χ0n) is 11.4. The molecule has 1 saturated heterocycles. The lowest BCUT2D eigenvalue weighted by molar-refractivity contribution is -0.138. The van der Waals surface area contributed by atoms with Crippen molar-refractivity contribution in [3.05, 3.63) is 29.3 Å². The second-order valence-corrected chi connectivity index (χ2v) is 5.29. The minimum absolute atomic E-state index is 0.148. The van der Waals surface area contributed by atoms with Crippen molar-refractivity contribution in [1.82, 2.24) is 0 Å². The number of amides is 1. The van der Waals surface area contributed by atoms with Crippen LogP contribution in [0.5, 0.6) is 0 Å². The Bertz CT molecular complexity index is 537. The number of aliphatic carboxylic acids is 1. The van der Waals surface area contributed by atoms with Crippen LogP contribution in [-0.4, -0.2) is 42.3 Å². The van der Waals surface area contributed by atoms with E-state index in [-0.39, 0.29) is 12.0 Å². The van der Waals surface area contributed by atoms with E-state index in [2.05, 4.69) is 0 Å². The molecule has 2 unspecified atom stereocenters. The van der Waals surface area contributed by atoms with Gasteiger partial charge in [0.15, 0.2) is 0 Å². The first-order valence-electron chi connectivity index (χ1n) is 6.65. The zero-order valence-corrected chi connectivity index (χ0v) is 12.1. The van der Waals surface area contributed by atoms with Crippen molar-refractivity contribution in [3.8, 4) is 0 Å². The van der Waals surface area contributed by atoms with Gasteiger partial charge in [0, 0.05) is 17.3 Å². The summed E-state index contributed by atoms with van der Waals surface area (Å²) in [5, 5.41) is 9.45. The Morgan fingerprint density at radius 1 is 1.43 bits per heavy atom. The molecule has 7 heteroatoms. The summed E-state index contributed by atoms with van der Waals surface area (Å²) in [6.45, 7) is -0.0911. The highest BCUT2D eigenvalue weighted by Gasteiger charge is 2.34. The van der Waals surface area contributed by atoms with E-state index in [4.69, 9.17) is 27.2 Å². The maximum atomic E-state index is 12.5. The van der Waals surface area contributed by atoms with Crippen LogP contribution in [0.1, 0.15) is 12.8 Å². The maximum Gasteiger partial charge on any atom is 0.323 e. The quantitative estimate of drug-likeness (QED) is 0.854. The third-order valence-corrected chi connectivity index (χ3v) is 3.56. The maximum absolute atomic E-state index is 12.5. The third-order valence-electron chi connectivity index (χ3n) is 3.33. The van der Waals surface area contributed by atoms with Gasteiger partial charge in [0.05, 0.1) is 6.10 Å². The molecule has 114 valence electrons. The first kappa shape index (κ1) is 15.8. The molecule has 1 fully saturated rings. The Morgan fingerprint density at radius 2 is 2.19 bits per heavy atom. The zero-order chi connectivity index (χ0) is 15.4. The number of ether oxygens (including phenoxy) is 1. The number of carboxylic acid groups (broad SMARTS) is 1. The molecular formula is C14H17ClN2O4. The van der Waals surface area contributed by atoms with Crippen molar-refractivity contribution in [1.29, 1.82) is 0 Å². The van der Waals surface area contributed by atoms with Crippen molar-refractivity contribution in [2.75, 3.05) is 18.0 Å². The monoisotopic (exact) mass is 312 g/mol. The van der Waals surface area contributed by atoms with E-state index >= 15 is 0 Å². The molecule has 1 aromatic rings. The Balaban J connectivity index is 2.20. The van der Waals surface area contributed by atoms with Crippen LogP contribution in [-0.2, 0) is 14.3 Å². The lowest BCUT2D eigenvalue weighted by atomic mass is 10.1. The highest BCUT2D eigenvalue weighted by molar-refractivity contribution is 6.31. The van der Waals surface area contributed by atoms with Gasteiger partial charge >= 0.3 is 5.97 Å². The summed E-state index contributed by atoms with van der Waals surface area (Å²) in [6.07, 6.45) is 0.433. The van der Waals surface area contributed by atoms with Gasteiger partial charge in [-0.3, -0.25) is 14.5 Å². The molecule has 3 N–H and O–H groups in total. The largest absolute Gasteiger partial charge is 0.480 e. The Kier molecular flexibility index (Phi) is 5.17. The van der Waals surface area contributed by atoms with E-state index in [0.29, 0.717) is 30.1 Å². The predicted molar refractivity (Wildman–Crippen MR) is 78.4 cm³/mol. The topological polar surface area (TPSA) is 92.9 Å².